The van der Waals surface area contributed by atoms with Gasteiger partial charge in [-0.15, -0.1) is 5.92 Å². The number of allylic oxidation sites excluding steroid dienone is 4. The van der Waals surface area contributed by atoms with E-state index in [4.69, 9.17) is 0 Å². The number of anilines is 1. The molecule has 3 nitrogen and oxygen atoms in total. The van der Waals surface area contributed by atoms with Gasteiger partial charge in [-0.1, -0.05) is 30.6 Å². The molecular formula is C29H35NO2. The SMILES string of the molecule is CC#C[C@@]1(O)CCC2C3CCC4=CC(=O)CCC4=C3[C@H](c3ccc(N(C)C)cc3)C[C@]21C. The van der Waals surface area contributed by atoms with E-state index in [-0.39, 0.29) is 17.1 Å². The number of fused-ring (bicyclic) bond motifs is 4. The summed E-state index contributed by atoms with van der Waals surface area (Å²) in [6, 6.07) is 8.97. The molecule has 0 bridgehead atoms. The molecule has 0 aromatic heterocycles. The summed E-state index contributed by atoms with van der Waals surface area (Å²) in [7, 11) is 4.14. The molecular weight excluding hydrogens is 394 g/mol. The van der Waals surface area contributed by atoms with E-state index in [0.717, 1.165) is 38.5 Å². The lowest BCUT2D eigenvalue weighted by Gasteiger charge is -2.53. The van der Waals surface area contributed by atoms with Crippen molar-refractivity contribution in [3.63, 3.8) is 0 Å². The summed E-state index contributed by atoms with van der Waals surface area (Å²) < 4.78 is 0. The van der Waals surface area contributed by atoms with Gasteiger partial charge in [0.05, 0.1) is 0 Å². The second-order valence-electron chi connectivity index (χ2n) is 10.8. The van der Waals surface area contributed by atoms with Gasteiger partial charge in [-0.25, -0.2) is 0 Å². The molecule has 0 heterocycles. The predicted molar refractivity (Wildman–Crippen MR) is 129 cm³/mol. The van der Waals surface area contributed by atoms with Crippen LogP contribution in [0.5, 0.6) is 0 Å². The second kappa shape index (κ2) is 7.63. The quantitative estimate of drug-likeness (QED) is 0.640. The van der Waals surface area contributed by atoms with E-state index < -0.39 is 5.60 Å². The van der Waals surface area contributed by atoms with E-state index in [0.29, 0.717) is 18.3 Å². The van der Waals surface area contributed by atoms with Crippen LogP contribution in [0.3, 0.4) is 0 Å². The van der Waals surface area contributed by atoms with E-state index in [1.165, 1.54) is 22.4 Å². The van der Waals surface area contributed by atoms with Crippen LogP contribution in [0.4, 0.5) is 5.69 Å². The topological polar surface area (TPSA) is 40.5 Å². The van der Waals surface area contributed by atoms with E-state index in [2.05, 4.69) is 62.0 Å². The Kier molecular flexibility index (Phi) is 5.13. The third-order valence-electron chi connectivity index (χ3n) is 9.03. The van der Waals surface area contributed by atoms with Crippen molar-refractivity contribution in [3.05, 3.63) is 52.6 Å². The smallest absolute Gasteiger partial charge is 0.156 e. The van der Waals surface area contributed by atoms with Gasteiger partial charge in [0.2, 0.25) is 0 Å². The zero-order valence-corrected chi connectivity index (χ0v) is 19.9. The van der Waals surface area contributed by atoms with Crippen LogP contribution in [-0.4, -0.2) is 30.6 Å². The first kappa shape index (κ1) is 21.5. The van der Waals surface area contributed by atoms with Crippen molar-refractivity contribution in [1.29, 1.82) is 0 Å². The molecule has 0 radical (unpaired) electrons. The molecule has 168 valence electrons. The number of nitrogens with zero attached hydrogens (tertiary/aromatic N) is 1. The predicted octanol–water partition coefficient (Wildman–Crippen LogP) is 5.41. The lowest BCUT2D eigenvalue weighted by molar-refractivity contribution is -0.114. The minimum Gasteiger partial charge on any atom is -0.378 e. The molecule has 5 rings (SSSR count). The highest BCUT2D eigenvalue weighted by molar-refractivity contribution is 5.93. The van der Waals surface area contributed by atoms with Crippen LogP contribution in [0.15, 0.2) is 47.1 Å². The van der Waals surface area contributed by atoms with Gasteiger partial charge in [0.25, 0.3) is 0 Å². The van der Waals surface area contributed by atoms with Crippen molar-refractivity contribution in [1.82, 2.24) is 0 Å². The summed E-state index contributed by atoms with van der Waals surface area (Å²) in [6.07, 6.45) is 8.23. The number of carbonyl (C=O) groups excluding carboxylic acids is 1. The molecule has 2 saturated carbocycles. The van der Waals surface area contributed by atoms with Crippen LogP contribution in [0.2, 0.25) is 0 Å². The Balaban J connectivity index is 1.67. The van der Waals surface area contributed by atoms with Crippen LogP contribution in [0, 0.1) is 29.1 Å². The Morgan fingerprint density at radius 3 is 2.53 bits per heavy atom. The molecule has 2 fully saturated rings. The first-order valence-electron chi connectivity index (χ1n) is 12.2. The van der Waals surface area contributed by atoms with Gasteiger partial charge in [-0.05, 0) is 92.2 Å². The molecule has 4 aliphatic rings. The molecule has 3 heteroatoms. The molecule has 2 unspecified atom stereocenters. The molecule has 0 aliphatic heterocycles. The molecule has 1 aromatic carbocycles. The monoisotopic (exact) mass is 429 g/mol. The highest BCUT2D eigenvalue weighted by atomic mass is 16.3. The molecule has 0 spiro atoms. The van der Waals surface area contributed by atoms with Crippen molar-refractivity contribution in [2.75, 3.05) is 19.0 Å². The van der Waals surface area contributed by atoms with Crippen molar-refractivity contribution in [2.24, 2.45) is 17.3 Å². The summed E-state index contributed by atoms with van der Waals surface area (Å²) >= 11 is 0. The lowest BCUT2D eigenvalue weighted by Crippen LogP contribution is -2.51. The zero-order valence-electron chi connectivity index (χ0n) is 19.9. The van der Waals surface area contributed by atoms with Gasteiger partial charge in [0, 0.05) is 37.5 Å². The number of rotatable bonds is 2. The highest BCUT2D eigenvalue weighted by Gasteiger charge is 2.62. The first-order chi connectivity index (χ1) is 15.3. The highest BCUT2D eigenvalue weighted by Crippen LogP contribution is 2.66. The molecule has 32 heavy (non-hydrogen) atoms. The van der Waals surface area contributed by atoms with Crippen LogP contribution in [-0.2, 0) is 4.79 Å². The average Bonchev–Trinajstić information content (AvgIpc) is 3.03. The second-order valence-corrected chi connectivity index (χ2v) is 10.8. The van der Waals surface area contributed by atoms with E-state index >= 15 is 0 Å². The molecule has 1 N–H and O–H groups in total. The Morgan fingerprint density at radius 1 is 1.09 bits per heavy atom. The summed E-state index contributed by atoms with van der Waals surface area (Å²) in [6.45, 7) is 4.15. The van der Waals surface area contributed by atoms with Crippen LogP contribution in [0.1, 0.15) is 70.3 Å². The lowest BCUT2D eigenvalue weighted by atomic mass is 9.51. The van der Waals surface area contributed by atoms with Gasteiger partial charge < -0.3 is 10.0 Å². The maximum atomic E-state index is 12.2. The minimum atomic E-state index is -0.914. The minimum absolute atomic E-state index is 0.221. The first-order valence-corrected chi connectivity index (χ1v) is 12.2. The fourth-order valence-corrected chi connectivity index (χ4v) is 7.38. The summed E-state index contributed by atoms with van der Waals surface area (Å²) in [5.74, 6) is 7.76. The Labute approximate surface area is 192 Å². The molecule has 4 aliphatic carbocycles. The zero-order chi connectivity index (χ0) is 22.7. The molecule has 0 saturated heterocycles. The van der Waals surface area contributed by atoms with Gasteiger partial charge in [0.1, 0.15) is 5.60 Å². The van der Waals surface area contributed by atoms with Gasteiger partial charge in [-0.3, -0.25) is 4.79 Å². The van der Waals surface area contributed by atoms with E-state index in [9.17, 15) is 9.90 Å². The van der Waals surface area contributed by atoms with Crippen LogP contribution < -0.4 is 4.90 Å². The van der Waals surface area contributed by atoms with Gasteiger partial charge >= 0.3 is 0 Å². The number of carbonyl (C=O) groups is 1. The number of hydrogen-bond acceptors (Lipinski definition) is 3. The van der Waals surface area contributed by atoms with Gasteiger partial charge in [0.15, 0.2) is 5.78 Å². The Morgan fingerprint density at radius 2 is 1.84 bits per heavy atom. The van der Waals surface area contributed by atoms with Crippen molar-refractivity contribution in [3.8, 4) is 11.8 Å². The molecule has 0 amide bonds. The third kappa shape index (κ3) is 3.11. The van der Waals surface area contributed by atoms with Crippen LogP contribution >= 0.6 is 0 Å². The number of ketones is 1. The number of hydrogen-bond donors (Lipinski definition) is 1. The van der Waals surface area contributed by atoms with E-state index in [1.54, 1.807) is 5.57 Å². The summed E-state index contributed by atoms with van der Waals surface area (Å²) in [5, 5.41) is 11.7. The van der Waals surface area contributed by atoms with Gasteiger partial charge in [-0.2, -0.15) is 0 Å². The Hall–Kier alpha value is -2.31. The molecule has 1 aromatic rings. The van der Waals surface area contributed by atoms with Crippen molar-refractivity contribution < 1.29 is 9.90 Å². The van der Waals surface area contributed by atoms with E-state index in [1.807, 2.05) is 13.0 Å². The maximum Gasteiger partial charge on any atom is 0.156 e. The third-order valence-corrected chi connectivity index (χ3v) is 9.03. The summed E-state index contributed by atoms with van der Waals surface area (Å²) in [5.41, 5.74) is 5.71. The number of benzene rings is 1. The number of aliphatic hydroxyl groups is 1. The fraction of sp³-hybridized carbons (Fsp3) is 0.552. The van der Waals surface area contributed by atoms with Crippen molar-refractivity contribution in [2.45, 2.75) is 70.3 Å². The normalized spacial score (nSPS) is 35.8. The molecule has 5 atom stereocenters. The standard InChI is InChI=1S/C29H35NO2/c1-5-15-29(32)16-14-26-24-12-8-20-17-22(31)11-13-23(20)27(24)25(18-28(26,29)2)19-6-9-21(10-7-19)30(3)4/h6-7,9-10,17,24-26,32H,8,11-14,16,18H2,1-4H3/t24?,25-,26?,28+,29+/m0/s1. The largest absolute Gasteiger partial charge is 0.378 e. The van der Waals surface area contributed by atoms with Crippen molar-refractivity contribution >= 4 is 11.5 Å². The fourth-order valence-electron chi connectivity index (χ4n) is 7.38. The maximum absolute atomic E-state index is 12.2. The van der Waals surface area contributed by atoms with Crippen LogP contribution in [0.25, 0.3) is 0 Å². The Bertz CT molecular complexity index is 1070. The summed E-state index contributed by atoms with van der Waals surface area (Å²) in [4.78, 5) is 14.3. The average molecular weight is 430 g/mol.